The summed E-state index contributed by atoms with van der Waals surface area (Å²) >= 11 is 12.1. The van der Waals surface area contributed by atoms with Gasteiger partial charge in [-0.05, 0) is 30.3 Å². The molecule has 0 atom stereocenters. The van der Waals surface area contributed by atoms with Crippen molar-refractivity contribution in [1.29, 1.82) is 0 Å². The smallest absolute Gasteiger partial charge is 0.146 e. The topological polar surface area (TPSA) is 22.4 Å². The van der Waals surface area contributed by atoms with Gasteiger partial charge in [0.1, 0.15) is 23.7 Å². The summed E-state index contributed by atoms with van der Waals surface area (Å²) in [6, 6.07) is 14.8. The maximum Gasteiger partial charge on any atom is 0.146 e. The molecule has 0 spiro atoms. The van der Waals surface area contributed by atoms with Crippen LogP contribution in [0.5, 0.6) is 5.75 Å². The van der Waals surface area contributed by atoms with Crippen molar-refractivity contribution in [2.24, 2.45) is 0 Å². The first-order chi connectivity index (χ1) is 9.24. The fraction of sp³-hybridized carbons (Fsp3) is 0.0667. The van der Waals surface area contributed by atoms with Gasteiger partial charge < -0.3 is 9.15 Å². The summed E-state index contributed by atoms with van der Waals surface area (Å²) in [5.41, 5.74) is 0.755. The van der Waals surface area contributed by atoms with Gasteiger partial charge in [-0.15, -0.1) is 0 Å². The highest BCUT2D eigenvalue weighted by molar-refractivity contribution is 6.35. The molecule has 0 radical (unpaired) electrons. The van der Waals surface area contributed by atoms with E-state index in [9.17, 15) is 0 Å². The normalized spacial score (nSPS) is 10.8. The van der Waals surface area contributed by atoms with Crippen LogP contribution in [-0.2, 0) is 6.61 Å². The predicted molar refractivity (Wildman–Crippen MR) is 77.0 cm³/mol. The van der Waals surface area contributed by atoms with E-state index < -0.39 is 0 Å². The molecule has 96 valence electrons. The van der Waals surface area contributed by atoms with Crippen molar-refractivity contribution in [3.63, 3.8) is 0 Å². The molecule has 1 aromatic heterocycles. The number of rotatable bonds is 3. The van der Waals surface area contributed by atoms with Crippen molar-refractivity contribution in [1.82, 2.24) is 0 Å². The van der Waals surface area contributed by atoms with Gasteiger partial charge in [-0.25, -0.2) is 0 Å². The third-order valence-electron chi connectivity index (χ3n) is 2.77. The fourth-order valence-electron chi connectivity index (χ4n) is 1.86. The van der Waals surface area contributed by atoms with E-state index in [4.69, 9.17) is 32.4 Å². The van der Waals surface area contributed by atoms with Gasteiger partial charge in [-0.3, -0.25) is 0 Å². The number of halogens is 2. The minimum absolute atomic E-state index is 0.314. The van der Waals surface area contributed by atoms with E-state index in [-0.39, 0.29) is 0 Å². The van der Waals surface area contributed by atoms with Crippen LogP contribution >= 0.6 is 23.2 Å². The van der Waals surface area contributed by atoms with Crippen LogP contribution in [-0.4, -0.2) is 0 Å². The molecule has 0 saturated carbocycles. The molecule has 1 heterocycles. The summed E-state index contributed by atoms with van der Waals surface area (Å²) < 4.78 is 11.3. The zero-order valence-electron chi connectivity index (χ0n) is 9.90. The molecule has 0 aliphatic heterocycles. The molecule has 0 unspecified atom stereocenters. The Balaban J connectivity index is 1.83. The van der Waals surface area contributed by atoms with E-state index in [2.05, 4.69) is 0 Å². The number of fused-ring (bicyclic) bond motifs is 1. The number of ether oxygens (including phenoxy) is 1. The Kier molecular flexibility index (Phi) is 3.36. The van der Waals surface area contributed by atoms with Gasteiger partial charge in [0.2, 0.25) is 0 Å². The van der Waals surface area contributed by atoms with Crippen LogP contribution in [0.4, 0.5) is 0 Å². The number of hydrogen-bond donors (Lipinski definition) is 0. The maximum absolute atomic E-state index is 6.09. The Labute approximate surface area is 120 Å². The van der Waals surface area contributed by atoms with Gasteiger partial charge in [-0.2, -0.15) is 0 Å². The second-order valence-corrected chi connectivity index (χ2v) is 4.90. The van der Waals surface area contributed by atoms with E-state index in [0.29, 0.717) is 28.2 Å². The first-order valence-corrected chi connectivity index (χ1v) is 6.54. The van der Waals surface area contributed by atoms with Crippen molar-refractivity contribution in [2.75, 3.05) is 0 Å². The number of furan rings is 1. The fourth-order valence-corrected chi connectivity index (χ4v) is 2.27. The average molecular weight is 293 g/mol. The zero-order valence-corrected chi connectivity index (χ0v) is 11.4. The Morgan fingerprint density at radius 2 is 1.74 bits per heavy atom. The monoisotopic (exact) mass is 292 g/mol. The summed E-state index contributed by atoms with van der Waals surface area (Å²) in [7, 11) is 0. The average Bonchev–Trinajstić information content (AvgIpc) is 2.82. The van der Waals surface area contributed by atoms with Gasteiger partial charge in [0.25, 0.3) is 0 Å². The minimum Gasteiger partial charge on any atom is -0.484 e. The SMILES string of the molecule is Clc1ccccc1OCc1cc2c(Cl)cccc2o1. The molecule has 4 heteroatoms. The highest BCUT2D eigenvalue weighted by Crippen LogP contribution is 2.28. The molecule has 19 heavy (non-hydrogen) atoms. The van der Waals surface area contributed by atoms with Crippen LogP contribution in [0.25, 0.3) is 11.0 Å². The Hall–Kier alpha value is -1.64. The second-order valence-electron chi connectivity index (χ2n) is 4.08. The van der Waals surface area contributed by atoms with E-state index in [1.54, 1.807) is 6.07 Å². The lowest BCUT2D eigenvalue weighted by Crippen LogP contribution is -1.93. The molecule has 0 bridgehead atoms. The van der Waals surface area contributed by atoms with E-state index in [0.717, 1.165) is 11.0 Å². The molecular weight excluding hydrogens is 283 g/mol. The summed E-state index contributed by atoms with van der Waals surface area (Å²) in [5.74, 6) is 1.35. The van der Waals surface area contributed by atoms with Crippen LogP contribution < -0.4 is 4.74 Å². The standard InChI is InChI=1S/C15H10Cl2O2/c16-12-5-3-7-14-11(12)8-10(19-14)9-18-15-6-2-1-4-13(15)17/h1-8H,9H2. The Bertz CT molecular complexity index is 719. The highest BCUT2D eigenvalue weighted by atomic mass is 35.5. The van der Waals surface area contributed by atoms with Crippen LogP contribution in [0, 0.1) is 0 Å². The van der Waals surface area contributed by atoms with Crippen molar-refractivity contribution < 1.29 is 9.15 Å². The third kappa shape index (κ3) is 2.55. The lowest BCUT2D eigenvalue weighted by Gasteiger charge is -2.05. The summed E-state index contributed by atoms with van der Waals surface area (Å²) in [6.07, 6.45) is 0. The van der Waals surface area contributed by atoms with Gasteiger partial charge in [-0.1, -0.05) is 41.4 Å². The lowest BCUT2D eigenvalue weighted by atomic mass is 10.2. The zero-order chi connectivity index (χ0) is 13.2. The van der Waals surface area contributed by atoms with Crippen LogP contribution in [0.2, 0.25) is 10.0 Å². The summed E-state index contributed by atoms with van der Waals surface area (Å²) in [4.78, 5) is 0. The quantitative estimate of drug-likeness (QED) is 0.652. The van der Waals surface area contributed by atoms with E-state index >= 15 is 0 Å². The van der Waals surface area contributed by atoms with Gasteiger partial charge in [0.15, 0.2) is 0 Å². The van der Waals surface area contributed by atoms with Crippen molar-refractivity contribution >= 4 is 34.2 Å². The molecule has 0 amide bonds. The highest BCUT2D eigenvalue weighted by Gasteiger charge is 2.08. The molecule has 0 saturated heterocycles. The van der Waals surface area contributed by atoms with Gasteiger partial charge in [0, 0.05) is 5.39 Å². The largest absolute Gasteiger partial charge is 0.484 e. The van der Waals surface area contributed by atoms with Crippen LogP contribution in [0.15, 0.2) is 52.9 Å². The van der Waals surface area contributed by atoms with E-state index in [1.165, 1.54) is 0 Å². The second kappa shape index (κ2) is 5.16. The van der Waals surface area contributed by atoms with Crippen molar-refractivity contribution in [3.05, 3.63) is 64.3 Å². The molecule has 3 aromatic rings. The Morgan fingerprint density at radius 3 is 2.53 bits per heavy atom. The van der Waals surface area contributed by atoms with Gasteiger partial charge in [0.05, 0.1) is 10.0 Å². The number of para-hydroxylation sites is 1. The molecule has 3 rings (SSSR count). The van der Waals surface area contributed by atoms with E-state index in [1.807, 2.05) is 42.5 Å². The molecule has 0 aliphatic carbocycles. The summed E-state index contributed by atoms with van der Waals surface area (Å²) in [6.45, 7) is 0.314. The first-order valence-electron chi connectivity index (χ1n) is 5.78. The number of benzene rings is 2. The molecule has 0 fully saturated rings. The molecular formula is C15H10Cl2O2. The Morgan fingerprint density at radius 1 is 0.947 bits per heavy atom. The predicted octanol–water partition coefficient (Wildman–Crippen LogP) is 5.32. The van der Waals surface area contributed by atoms with Gasteiger partial charge >= 0.3 is 0 Å². The molecule has 2 aromatic carbocycles. The lowest BCUT2D eigenvalue weighted by molar-refractivity contribution is 0.274. The maximum atomic E-state index is 6.09. The summed E-state index contributed by atoms with van der Waals surface area (Å²) in [5, 5.41) is 2.14. The van der Waals surface area contributed by atoms with Crippen molar-refractivity contribution in [3.8, 4) is 5.75 Å². The molecule has 0 aliphatic rings. The minimum atomic E-state index is 0.314. The number of hydrogen-bond acceptors (Lipinski definition) is 2. The first kappa shape index (κ1) is 12.4. The molecule has 2 nitrogen and oxygen atoms in total. The van der Waals surface area contributed by atoms with Crippen LogP contribution in [0.3, 0.4) is 0 Å². The molecule has 0 N–H and O–H groups in total. The van der Waals surface area contributed by atoms with Crippen LogP contribution in [0.1, 0.15) is 5.76 Å². The third-order valence-corrected chi connectivity index (χ3v) is 3.41. The van der Waals surface area contributed by atoms with Crippen molar-refractivity contribution in [2.45, 2.75) is 6.61 Å².